The Hall–Kier alpha value is -0.130. The highest BCUT2D eigenvalue weighted by Gasteiger charge is 2.16. The molecular formula is C13H18INO. The smallest absolute Gasteiger partial charge is 0.0700 e. The molecule has 2 unspecified atom stereocenters. The molecule has 2 rings (SSSR count). The van der Waals surface area contributed by atoms with Crippen LogP contribution in [0.3, 0.4) is 0 Å². The molecule has 1 aromatic rings. The minimum absolute atomic E-state index is 0.404. The van der Waals surface area contributed by atoms with Gasteiger partial charge in [-0.3, -0.25) is 0 Å². The van der Waals surface area contributed by atoms with Gasteiger partial charge in [-0.25, -0.2) is 0 Å². The van der Waals surface area contributed by atoms with Crippen molar-refractivity contribution in [3.05, 3.63) is 33.4 Å². The van der Waals surface area contributed by atoms with E-state index in [1.807, 2.05) is 0 Å². The van der Waals surface area contributed by atoms with Crippen LogP contribution in [0.25, 0.3) is 0 Å². The fraction of sp³-hybridized carbons (Fsp3) is 0.538. The third kappa shape index (κ3) is 3.43. The Morgan fingerprint density at radius 3 is 2.81 bits per heavy atom. The summed E-state index contributed by atoms with van der Waals surface area (Å²) in [7, 11) is 0. The largest absolute Gasteiger partial charge is 0.377 e. The summed E-state index contributed by atoms with van der Waals surface area (Å²) in [5.41, 5.74) is 1.35. The van der Waals surface area contributed by atoms with E-state index in [9.17, 15) is 0 Å². The van der Waals surface area contributed by atoms with E-state index in [4.69, 9.17) is 4.74 Å². The number of halogens is 1. The molecule has 16 heavy (non-hydrogen) atoms. The number of hydrogen-bond donors (Lipinski definition) is 1. The van der Waals surface area contributed by atoms with E-state index < -0.39 is 0 Å². The highest BCUT2D eigenvalue weighted by molar-refractivity contribution is 14.1. The van der Waals surface area contributed by atoms with Gasteiger partial charge in [0.1, 0.15) is 0 Å². The number of benzene rings is 1. The van der Waals surface area contributed by atoms with Crippen LogP contribution in [-0.4, -0.2) is 19.3 Å². The second kappa shape index (κ2) is 5.98. The summed E-state index contributed by atoms with van der Waals surface area (Å²) in [5, 5.41) is 3.53. The predicted molar refractivity (Wildman–Crippen MR) is 74.6 cm³/mol. The van der Waals surface area contributed by atoms with Gasteiger partial charge in [0.2, 0.25) is 0 Å². The van der Waals surface area contributed by atoms with Gasteiger partial charge in [-0.15, -0.1) is 0 Å². The van der Waals surface area contributed by atoms with Crippen molar-refractivity contribution in [2.24, 2.45) is 0 Å². The molecule has 1 aliphatic rings. The first kappa shape index (κ1) is 12.3. The maximum atomic E-state index is 5.59. The van der Waals surface area contributed by atoms with E-state index in [1.54, 1.807) is 0 Å². The lowest BCUT2D eigenvalue weighted by atomic mass is 10.1. The zero-order chi connectivity index (χ0) is 11.4. The highest BCUT2D eigenvalue weighted by atomic mass is 127. The normalized spacial score (nSPS) is 22.2. The summed E-state index contributed by atoms with van der Waals surface area (Å²) in [4.78, 5) is 0. The van der Waals surface area contributed by atoms with Crippen molar-refractivity contribution in [2.45, 2.75) is 31.9 Å². The fourth-order valence-electron chi connectivity index (χ4n) is 1.98. The lowest BCUT2D eigenvalue weighted by molar-refractivity contribution is 0.108. The molecule has 2 nitrogen and oxygen atoms in total. The molecule has 0 aromatic heterocycles. The molecular weight excluding hydrogens is 313 g/mol. The Bertz CT molecular complexity index is 319. The molecule has 1 heterocycles. The molecule has 3 heteroatoms. The molecule has 0 aliphatic carbocycles. The van der Waals surface area contributed by atoms with Crippen molar-refractivity contribution in [1.29, 1.82) is 0 Å². The molecule has 1 N–H and O–H groups in total. The molecule has 1 saturated heterocycles. The van der Waals surface area contributed by atoms with Crippen molar-refractivity contribution in [1.82, 2.24) is 5.32 Å². The quantitative estimate of drug-likeness (QED) is 0.856. The van der Waals surface area contributed by atoms with Crippen molar-refractivity contribution >= 4 is 22.6 Å². The molecule has 1 aromatic carbocycles. The first-order chi connectivity index (χ1) is 7.75. The molecule has 0 spiro atoms. The second-order valence-corrected chi connectivity index (χ2v) is 5.56. The van der Waals surface area contributed by atoms with Crippen molar-refractivity contribution in [3.63, 3.8) is 0 Å². The summed E-state index contributed by atoms with van der Waals surface area (Å²) in [5.74, 6) is 0. The lowest BCUT2D eigenvalue weighted by Gasteiger charge is -2.17. The Morgan fingerprint density at radius 2 is 2.19 bits per heavy atom. The number of ether oxygens (including phenoxy) is 1. The van der Waals surface area contributed by atoms with Gasteiger partial charge in [-0.2, -0.15) is 0 Å². The lowest BCUT2D eigenvalue weighted by Crippen LogP contribution is -2.28. The van der Waals surface area contributed by atoms with Gasteiger partial charge in [0, 0.05) is 22.8 Å². The highest BCUT2D eigenvalue weighted by Crippen LogP contribution is 2.16. The minimum Gasteiger partial charge on any atom is -0.377 e. The predicted octanol–water partition coefficient (Wildman–Crippen LogP) is 3.12. The van der Waals surface area contributed by atoms with Crippen LogP contribution in [-0.2, 0) is 4.74 Å². The van der Waals surface area contributed by atoms with Crippen LogP contribution in [0.2, 0.25) is 0 Å². The van der Waals surface area contributed by atoms with Gasteiger partial charge < -0.3 is 10.1 Å². The van der Waals surface area contributed by atoms with Crippen LogP contribution in [0.5, 0.6) is 0 Å². The Labute approximate surface area is 111 Å². The summed E-state index contributed by atoms with van der Waals surface area (Å²) in [6.45, 7) is 4.11. The number of hydrogen-bond acceptors (Lipinski definition) is 2. The van der Waals surface area contributed by atoms with Gasteiger partial charge in [-0.05, 0) is 60.1 Å². The maximum absolute atomic E-state index is 5.59. The number of rotatable bonds is 4. The molecule has 2 atom stereocenters. The topological polar surface area (TPSA) is 21.3 Å². The molecule has 0 radical (unpaired) electrons. The van der Waals surface area contributed by atoms with Gasteiger partial charge in [0.05, 0.1) is 6.10 Å². The van der Waals surface area contributed by atoms with E-state index >= 15 is 0 Å². The first-order valence-electron chi connectivity index (χ1n) is 5.86. The molecule has 88 valence electrons. The van der Waals surface area contributed by atoms with E-state index in [-0.39, 0.29) is 0 Å². The van der Waals surface area contributed by atoms with Crippen LogP contribution >= 0.6 is 22.6 Å². The Kier molecular flexibility index (Phi) is 4.61. The third-order valence-electron chi connectivity index (χ3n) is 3.05. The standard InChI is InChI=1S/C13H18INO/c1-10(11-4-6-12(14)7-5-11)15-9-13-3-2-8-16-13/h4-7,10,13,15H,2-3,8-9H2,1H3. The second-order valence-electron chi connectivity index (χ2n) is 4.32. The van der Waals surface area contributed by atoms with Gasteiger partial charge in [0.15, 0.2) is 0 Å². The summed E-state index contributed by atoms with van der Waals surface area (Å²) >= 11 is 2.33. The van der Waals surface area contributed by atoms with E-state index in [0.717, 1.165) is 13.2 Å². The zero-order valence-corrected chi connectivity index (χ0v) is 11.7. The molecule has 1 fully saturated rings. The summed E-state index contributed by atoms with van der Waals surface area (Å²) < 4.78 is 6.88. The van der Waals surface area contributed by atoms with E-state index in [1.165, 1.54) is 22.0 Å². The van der Waals surface area contributed by atoms with Crippen molar-refractivity contribution < 1.29 is 4.74 Å². The zero-order valence-electron chi connectivity index (χ0n) is 9.58. The number of nitrogens with one attached hydrogen (secondary N) is 1. The van der Waals surface area contributed by atoms with Crippen LogP contribution in [0, 0.1) is 3.57 Å². The SMILES string of the molecule is CC(NCC1CCCO1)c1ccc(I)cc1. The van der Waals surface area contributed by atoms with E-state index in [0.29, 0.717) is 12.1 Å². The summed E-state index contributed by atoms with van der Waals surface area (Å²) in [6, 6.07) is 9.09. The monoisotopic (exact) mass is 331 g/mol. The fourth-order valence-corrected chi connectivity index (χ4v) is 2.34. The van der Waals surface area contributed by atoms with Crippen LogP contribution in [0.1, 0.15) is 31.4 Å². The van der Waals surface area contributed by atoms with Crippen molar-refractivity contribution in [2.75, 3.05) is 13.2 Å². The molecule has 0 saturated carbocycles. The average molecular weight is 331 g/mol. The van der Waals surface area contributed by atoms with Crippen LogP contribution in [0.4, 0.5) is 0 Å². The Morgan fingerprint density at radius 1 is 1.44 bits per heavy atom. The maximum Gasteiger partial charge on any atom is 0.0700 e. The molecule has 1 aliphatic heterocycles. The van der Waals surface area contributed by atoms with E-state index in [2.05, 4.69) is 59.1 Å². The summed E-state index contributed by atoms with van der Waals surface area (Å²) in [6.07, 6.45) is 2.84. The first-order valence-corrected chi connectivity index (χ1v) is 6.94. The molecule has 0 bridgehead atoms. The minimum atomic E-state index is 0.404. The van der Waals surface area contributed by atoms with Gasteiger partial charge in [0.25, 0.3) is 0 Å². The van der Waals surface area contributed by atoms with Gasteiger partial charge >= 0.3 is 0 Å². The van der Waals surface area contributed by atoms with Gasteiger partial charge in [-0.1, -0.05) is 12.1 Å². The van der Waals surface area contributed by atoms with Crippen LogP contribution in [0.15, 0.2) is 24.3 Å². The third-order valence-corrected chi connectivity index (χ3v) is 3.76. The Balaban J connectivity index is 1.82. The molecule has 0 amide bonds. The van der Waals surface area contributed by atoms with Crippen molar-refractivity contribution in [3.8, 4) is 0 Å². The average Bonchev–Trinajstić information content (AvgIpc) is 2.80. The van der Waals surface area contributed by atoms with Crippen LogP contribution < -0.4 is 5.32 Å².